The van der Waals surface area contributed by atoms with Crippen LogP contribution < -0.4 is 10.6 Å². The van der Waals surface area contributed by atoms with Crippen LogP contribution in [0.1, 0.15) is 12.8 Å². The number of anilines is 1. The van der Waals surface area contributed by atoms with Crippen molar-refractivity contribution in [3.05, 3.63) is 30.3 Å². The quantitative estimate of drug-likeness (QED) is 0.605. The number of benzene rings is 1. The third kappa shape index (κ3) is 8.63. The van der Waals surface area contributed by atoms with Gasteiger partial charge in [-0.3, -0.25) is 4.79 Å². The Labute approximate surface area is 120 Å². The van der Waals surface area contributed by atoms with Crippen molar-refractivity contribution in [2.45, 2.75) is 12.8 Å². The molecule has 0 bridgehead atoms. The number of hydrogen-bond acceptors (Lipinski definition) is 4. The lowest BCUT2D eigenvalue weighted by Gasteiger charge is -2.07. The molecule has 0 aliphatic rings. The molecule has 5 heteroatoms. The summed E-state index contributed by atoms with van der Waals surface area (Å²) >= 11 is 0. The second kappa shape index (κ2) is 11.4. The summed E-state index contributed by atoms with van der Waals surface area (Å²) in [4.78, 5) is 11.6. The Hall–Kier alpha value is -1.43. The summed E-state index contributed by atoms with van der Waals surface area (Å²) in [6.07, 6.45) is 1.97. The van der Waals surface area contributed by atoms with E-state index in [1.54, 1.807) is 7.11 Å². The molecule has 0 fully saturated rings. The number of carbonyl (C=O) groups excluding carboxylic acids is 1. The SMILES string of the molecule is COCCOCCCCNCC(=O)Nc1ccccc1. The first kappa shape index (κ1) is 16.6. The average molecular weight is 280 g/mol. The lowest BCUT2D eigenvalue weighted by molar-refractivity contribution is -0.115. The van der Waals surface area contributed by atoms with Crippen LogP contribution in [0.3, 0.4) is 0 Å². The number of para-hydroxylation sites is 1. The van der Waals surface area contributed by atoms with Gasteiger partial charge >= 0.3 is 0 Å². The van der Waals surface area contributed by atoms with Gasteiger partial charge in [-0.25, -0.2) is 0 Å². The van der Waals surface area contributed by atoms with Crippen LogP contribution in [0.25, 0.3) is 0 Å². The van der Waals surface area contributed by atoms with Crippen LogP contribution >= 0.6 is 0 Å². The third-order valence-corrected chi connectivity index (χ3v) is 2.67. The largest absolute Gasteiger partial charge is 0.382 e. The maximum Gasteiger partial charge on any atom is 0.238 e. The zero-order valence-corrected chi connectivity index (χ0v) is 12.1. The molecule has 0 radical (unpaired) electrons. The summed E-state index contributed by atoms with van der Waals surface area (Å²) in [5.74, 6) is -0.0208. The summed E-state index contributed by atoms with van der Waals surface area (Å²) < 4.78 is 10.2. The first-order valence-corrected chi connectivity index (χ1v) is 6.95. The molecule has 112 valence electrons. The molecule has 0 saturated heterocycles. The summed E-state index contributed by atoms with van der Waals surface area (Å²) in [6, 6.07) is 9.45. The maximum absolute atomic E-state index is 11.6. The van der Waals surface area contributed by atoms with Gasteiger partial charge < -0.3 is 20.1 Å². The molecular formula is C15H24N2O3. The highest BCUT2D eigenvalue weighted by Crippen LogP contribution is 2.03. The standard InChI is InChI=1S/C15H24N2O3/c1-19-11-12-20-10-6-5-9-16-13-15(18)17-14-7-3-2-4-8-14/h2-4,7-8,16H,5-6,9-13H2,1H3,(H,17,18). The summed E-state index contributed by atoms with van der Waals surface area (Å²) in [6.45, 7) is 3.16. The smallest absolute Gasteiger partial charge is 0.238 e. The maximum atomic E-state index is 11.6. The van der Waals surface area contributed by atoms with Crippen molar-refractivity contribution < 1.29 is 14.3 Å². The fourth-order valence-electron chi connectivity index (χ4n) is 1.63. The number of methoxy groups -OCH3 is 1. The second-order valence-electron chi connectivity index (χ2n) is 4.40. The van der Waals surface area contributed by atoms with Crippen LogP contribution in [0.15, 0.2) is 30.3 Å². The summed E-state index contributed by atoms with van der Waals surface area (Å²) in [5, 5.41) is 5.94. The Bertz CT molecular complexity index is 357. The summed E-state index contributed by atoms with van der Waals surface area (Å²) in [5.41, 5.74) is 0.825. The normalized spacial score (nSPS) is 10.4. The fourth-order valence-corrected chi connectivity index (χ4v) is 1.63. The molecule has 0 spiro atoms. The van der Waals surface area contributed by atoms with Crippen molar-refractivity contribution >= 4 is 11.6 Å². The Morgan fingerprint density at radius 1 is 1.10 bits per heavy atom. The monoisotopic (exact) mass is 280 g/mol. The highest BCUT2D eigenvalue weighted by molar-refractivity contribution is 5.92. The van der Waals surface area contributed by atoms with E-state index in [1.807, 2.05) is 30.3 Å². The number of rotatable bonds is 11. The van der Waals surface area contributed by atoms with Crippen molar-refractivity contribution in [1.82, 2.24) is 5.32 Å². The Morgan fingerprint density at radius 2 is 1.90 bits per heavy atom. The lowest BCUT2D eigenvalue weighted by Crippen LogP contribution is -2.28. The molecule has 0 aliphatic carbocycles. The molecule has 0 heterocycles. The van der Waals surface area contributed by atoms with Gasteiger partial charge in [0.2, 0.25) is 5.91 Å². The molecule has 1 aromatic rings. The number of nitrogens with one attached hydrogen (secondary N) is 2. The molecule has 0 unspecified atom stereocenters. The number of ether oxygens (including phenoxy) is 2. The van der Waals surface area contributed by atoms with Crippen molar-refractivity contribution in [3.63, 3.8) is 0 Å². The number of carbonyl (C=O) groups is 1. The van der Waals surface area contributed by atoms with E-state index in [4.69, 9.17) is 9.47 Å². The third-order valence-electron chi connectivity index (χ3n) is 2.67. The average Bonchev–Trinajstić information content (AvgIpc) is 2.46. The predicted molar refractivity (Wildman–Crippen MR) is 79.9 cm³/mol. The molecule has 1 aromatic carbocycles. The van der Waals surface area contributed by atoms with Gasteiger partial charge in [0.25, 0.3) is 0 Å². The van der Waals surface area contributed by atoms with Crippen LogP contribution in [-0.4, -0.2) is 45.9 Å². The van der Waals surface area contributed by atoms with Gasteiger partial charge in [-0.05, 0) is 31.5 Å². The molecule has 1 rings (SSSR count). The molecular weight excluding hydrogens is 256 g/mol. The van der Waals surface area contributed by atoms with Gasteiger partial charge in [-0.15, -0.1) is 0 Å². The molecule has 0 aliphatic heterocycles. The highest BCUT2D eigenvalue weighted by Gasteiger charge is 2.00. The van der Waals surface area contributed by atoms with E-state index in [2.05, 4.69) is 10.6 Å². The van der Waals surface area contributed by atoms with Crippen molar-refractivity contribution in [1.29, 1.82) is 0 Å². The molecule has 0 aromatic heterocycles. The van der Waals surface area contributed by atoms with Gasteiger partial charge in [-0.2, -0.15) is 0 Å². The Morgan fingerprint density at radius 3 is 2.65 bits per heavy atom. The van der Waals surface area contributed by atoms with Crippen LogP contribution in [0.2, 0.25) is 0 Å². The first-order chi connectivity index (χ1) is 9.83. The number of unbranched alkanes of at least 4 members (excludes halogenated alkanes) is 1. The van der Waals surface area contributed by atoms with Crippen LogP contribution in [0, 0.1) is 0 Å². The molecule has 2 N–H and O–H groups in total. The zero-order chi connectivity index (χ0) is 14.5. The van der Waals surface area contributed by atoms with Gasteiger partial charge in [-0.1, -0.05) is 18.2 Å². The van der Waals surface area contributed by atoms with E-state index in [0.29, 0.717) is 19.8 Å². The van der Waals surface area contributed by atoms with E-state index in [1.165, 1.54) is 0 Å². The van der Waals surface area contributed by atoms with E-state index >= 15 is 0 Å². The Balaban J connectivity index is 1.92. The minimum absolute atomic E-state index is 0.0208. The van der Waals surface area contributed by atoms with E-state index in [0.717, 1.165) is 31.7 Å². The molecule has 20 heavy (non-hydrogen) atoms. The Kier molecular flexibility index (Phi) is 9.48. The van der Waals surface area contributed by atoms with Crippen LogP contribution in [0.4, 0.5) is 5.69 Å². The topological polar surface area (TPSA) is 59.6 Å². The summed E-state index contributed by atoms with van der Waals surface area (Å²) in [7, 11) is 1.66. The van der Waals surface area contributed by atoms with E-state index < -0.39 is 0 Å². The minimum atomic E-state index is -0.0208. The number of amides is 1. The molecule has 0 saturated carbocycles. The number of hydrogen-bond donors (Lipinski definition) is 2. The van der Waals surface area contributed by atoms with Crippen molar-refractivity contribution in [2.24, 2.45) is 0 Å². The first-order valence-electron chi connectivity index (χ1n) is 6.95. The zero-order valence-electron chi connectivity index (χ0n) is 12.1. The van der Waals surface area contributed by atoms with Crippen LogP contribution in [-0.2, 0) is 14.3 Å². The van der Waals surface area contributed by atoms with Crippen molar-refractivity contribution in [3.8, 4) is 0 Å². The molecule has 1 amide bonds. The molecule has 5 nitrogen and oxygen atoms in total. The molecule has 0 atom stereocenters. The van der Waals surface area contributed by atoms with E-state index in [9.17, 15) is 4.79 Å². The van der Waals surface area contributed by atoms with Gasteiger partial charge in [0.1, 0.15) is 0 Å². The van der Waals surface area contributed by atoms with Crippen LogP contribution in [0.5, 0.6) is 0 Å². The highest BCUT2D eigenvalue weighted by atomic mass is 16.5. The second-order valence-corrected chi connectivity index (χ2v) is 4.40. The minimum Gasteiger partial charge on any atom is -0.382 e. The lowest BCUT2D eigenvalue weighted by atomic mass is 10.3. The van der Waals surface area contributed by atoms with Gasteiger partial charge in [0.15, 0.2) is 0 Å². The van der Waals surface area contributed by atoms with E-state index in [-0.39, 0.29) is 5.91 Å². The van der Waals surface area contributed by atoms with Gasteiger partial charge in [0, 0.05) is 19.4 Å². The predicted octanol–water partition coefficient (Wildman–Crippen LogP) is 1.66. The van der Waals surface area contributed by atoms with Crippen molar-refractivity contribution in [2.75, 3.05) is 45.3 Å². The fraction of sp³-hybridized carbons (Fsp3) is 0.533. The van der Waals surface area contributed by atoms with Gasteiger partial charge in [0.05, 0.1) is 19.8 Å².